The molecule has 6 heteroatoms. The summed E-state index contributed by atoms with van der Waals surface area (Å²) in [5.74, 6) is -0.654. The van der Waals surface area contributed by atoms with Gasteiger partial charge >= 0.3 is 0 Å². The number of hydrogen-bond acceptors (Lipinski definition) is 5. The maximum atomic E-state index is 11.9. The summed E-state index contributed by atoms with van der Waals surface area (Å²) in [7, 11) is 0. The van der Waals surface area contributed by atoms with Gasteiger partial charge in [-0.2, -0.15) is 0 Å². The first-order chi connectivity index (χ1) is 10.7. The number of anilines is 1. The highest BCUT2D eigenvalue weighted by Crippen LogP contribution is 2.27. The van der Waals surface area contributed by atoms with Crippen molar-refractivity contribution < 1.29 is 19.4 Å². The Morgan fingerprint density at radius 2 is 2.05 bits per heavy atom. The summed E-state index contributed by atoms with van der Waals surface area (Å²) < 4.78 is 5.45. The van der Waals surface area contributed by atoms with Crippen LogP contribution in [0.2, 0.25) is 0 Å². The van der Waals surface area contributed by atoms with Crippen LogP contribution in [0.15, 0.2) is 24.3 Å². The molecule has 2 atom stereocenters. The molecule has 0 aromatic heterocycles. The number of nitrogens with zero attached hydrogens (tertiary/aromatic N) is 1. The zero-order chi connectivity index (χ0) is 15.5. The van der Waals surface area contributed by atoms with Gasteiger partial charge in [-0.05, 0) is 24.1 Å². The molecular weight excluding hydrogens is 284 g/mol. The molecule has 2 heterocycles. The molecule has 2 amide bonds. The zero-order valence-corrected chi connectivity index (χ0v) is 12.3. The standard InChI is InChI=1S/C16H20N2O4/c19-10-13-9-18(7-8-22-13)12-3-1-11(2-4-12)14-5-6-15(20)17-16(14)21/h1-4,13-14,19H,5-10H2,(H,17,20,21)/t13-,14?/m1/s1. The minimum Gasteiger partial charge on any atom is -0.394 e. The summed E-state index contributed by atoms with van der Waals surface area (Å²) in [5, 5.41) is 11.6. The predicted octanol–water partition coefficient (Wildman–Crippen LogP) is 0.404. The Balaban J connectivity index is 1.70. The number of rotatable bonds is 3. The van der Waals surface area contributed by atoms with E-state index in [1.807, 2.05) is 24.3 Å². The van der Waals surface area contributed by atoms with E-state index in [1.54, 1.807) is 0 Å². The molecule has 2 N–H and O–H groups in total. The third-order valence-corrected chi connectivity index (χ3v) is 4.24. The van der Waals surface area contributed by atoms with Crippen LogP contribution in [0.5, 0.6) is 0 Å². The summed E-state index contributed by atoms with van der Waals surface area (Å²) in [4.78, 5) is 25.3. The van der Waals surface area contributed by atoms with E-state index in [9.17, 15) is 14.7 Å². The maximum Gasteiger partial charge on any atom is 0.234 e. The second kappa shape index (κ2) is 6.46. The lowest BCUT2D eigenvalue weighted by Crippen LogP contribution is -2.44. The van der Waals surface area contributed by atoms with Crippen LogP contribution in [0, 0.1) is 0 Å². The van der Waals surface area contributed by atoms with Gasteiger partial charge in [0, 0.05) is 25.2 Å². The van der Waals surface area contributed by atoms with E-state index >= 15 is 0 Å². The van der Waals surface area contributed by atoms with Crippen molar-refractivity contribution in [2.45, 2.75) is 24.9 Å². The molecule has 0 aliphatic carbocycles. The van der Waals surface area contributed by atoms with E-state index < -0.39 is 0 Å². The molecule has 3 rings (SSSR count). The van der Waals surface area contributed by atoms with Crippen LogP contribution in [-0.4, -0.2) is 49.3 Å². The van der Waals surface area contributed by atoms with Crippen LogP contribution < -0.4 is 10.2 Å². The highest BCUT2D eigenvalue weighted by molar-refractivity contribution is 6.00. The van der Waals surface area contributed by atoms with Crippen LogP contribution in [-0.2, 0) is 14.3 Å². The van der Waals surface area contributed by atoms with Gasteiger partial charge in [-0.15, -0.1) is 0 Å². The fraction of sp³-hybridized carbons (Fsp3) is 0.500. The van der Waals surface area contributed by atoms with Gasteiger partial charge in [0.05, 0.1) is 25.2 Å². The van der Waals surface area contributed by atoms with Crippen molar-refractivity contribution >= 4 is 17.5 Å². The van der Waals surface area contributed by atoms with Gasteiger partial charge in [-0.25, -0.2) is 0 Å². The van der Waals surface area contributed by atoms with Crippen molar-refractivity contribution in [2.24, 2.45) is 0 Å². The van der Waals surface area contributed by atoms with Crippen LogP contribution in [0.4, 0.5) is 5.69 Å². The van der Waals surface area contributed by atoms with E-state index in [1.165, 1.54) is 0 Å². The number of hydrogen-bond donors (Lipinski definition) is 2. The van der Waals surface area contributed by atoms with Gasteiger partial charge < -0.3 is 14.7 Å². The molecule has 0 radical (unpaired) electrons. The second-order valence-electron chi connectivity index (χ2n) is 5.72. The van der Waals surface area contributed by atoms with Gasteiger partial charge in [0.15, 0.2) is 0 Å². The molecule has 2 aliphatic heterocycles. The fourth-order valence-electron chi connectivity index (χ4n) is 2.99. The van der Waals surface area contributed by atoms with E-state index in [0.717, 1.165) is 17.8 Å². The van der Waals surface area contributed by atoms with Gasteiger partial charge in [0.1, 0.15) is 0 Å². The average Bonchev–Trinajstić information content (AvgIpc) is 2.55. The first kappa shape index (κ1) is 15.0. The second-order valence-corrected chi connectivity index (χ2v) is 5.72. The molecule has 1 aromatic rings. The molecule has 1 aromatic carbocycles. The normalized spacial score (nSPS) is 26.0. The number of benzene rings is 1. The van der Waals surface area contributed by atoms with Crippen molar-refractivity contribution in [1.82, 2.24) is 5.32 Å². The lowest BCUT2D eigenvalue weighted by molar-refractivity contribution is -0.134. The van der Waals surface area contributed by atoms with Crippen molar-refractivity contribution in [3.05, 3.63) is 29.8 Å². The number of ether oxygens (including phenoxy) is 1. The van der Waals surface area contributed by atoms with Crippen molar-refractivity contribution in [2.75, 3.05) is 31.2 Å². The molecule has 6 nitrogen and oxygen atoms in total. The Hall–Kier alpha value is -1.92. The van der Waals surface area contributed by atoms with Gasteiger partial charge in [-0.3, -0.25) is 14.9 Å². The van der Waals surface area contributed by atoms with E-state index in [4.69, 9.17) is 4.74 Å². The lowest BCUT2D eigenvalue weighted by atomic mass is 9.90. The third-order valence-electron chi connectivity index (χ3n) is 4.24. The summed E-state index contributed by atoms with van der Waals surface area (Å²) >= 11 is 0. The molecule has 2 saturated heterocycles. The van der Waals surface area contributed by atoms with Crippen LogP contribution in [0.3, 0.4) is 0 Å². The number of imide groups is 1. The van der Waals surface area contributed by atoms with Gasteiger partial charge in [0.25, 0.3) is 0 Å². The van der Waals surface area contributed by atoms with Crippen molar-refractivity contribution in [3.63, 3.8) is 0 Å². The molecule has 0 bridgehead atoms. The molecule has 22 heavy (non-hydrogen) atoms. The molecule has 2 aliphatic rings. The Morgan fingerprint density at radius 1 is 1.27 bits per heavy atom. The molecular formula is C16H20N2O4. The number of morpholine rings is 1. The largest absolute Gasteiger partial charge is 0.394 e. The number of piperidine rings is 1. The smallest absolute Gasteiger partial charge is 0.234 e. The zero-order valence-electron chi connectivity index (χ0n) is 12.3. The first-order valence-electron chi connectivity index (χ1n) is 7.58. The van der Waals surface area contributed by atoms with Crippen LogP contribution >= 0.6 is 0 Å². The summed E-state index contributed by atoms with van der Waals surface area (Å²) in [6.45, 7) is 2.06. The molecule has 118 valence electrons. The molecule has 0 saturated carbocycles. The molecule has 1 unspecified atom stereocenters. The SMILES string of the molecule is O=C1CCC(c2ccc(N3CCO[C@@H](CO)C3)cc2)C(=O)N1. The highest BCUT2D eigenvalue weighted by Gasteiger charge is 2.28. The van der Waals surface area contributed by atoms with E-state index in [0.29, 0.717) is 26.0 Å². The predicted molar refractivity (Wildman–Crippen MR) is 80.6 cm³/mol. The molecule has 2 fully saturated rings. The Morgan fingerprint density at radius 3 is 2.73 bits per heavy atom. The number of aliphatic hydroxyl groups excluding tert-OH is 1. The van der Waals surface area contributed by atoms with Crippen LogP contribution in [0.25, 0.3) is 0 Å². The monoisotopic (exact) mass is 304 g/mol. The van der Waals surface area contributed by atoms with Gasteiger partial charge in [0.2, 0.25) is 11.8 Å². The van der Waals surface area contributed by atoms with Crippen molar-refractivity contribution in [3.8, 4) is 0 Å². The highest BCUT2D eigenvalue weighted by atomic mass is 16.5. The lowest BCUT2D eigenvalue weighted by Gasteiger charge is -2.34. The van der Waals surface area contributed by atoms with E-state index in [-0.39, 0.29) is 30.4 Å². The Bertz CT molecular complexity index is 558. The number of carbonyl (C=O) groups is 2. The topological polar surface area (TPSA) is 78.9 Å². The number of carbonyl (C=O) groups excluding carboxylic acids is 2. The third kappa shape index (κ3) is 3.13. The Labute approximate surface area is 129 Å². The first-order valence-corrected chi connectivity index (χ1v) is 7.58. The minimum atomic E-state index is -0.248. The van der Waals surface area contributed by atoms with Crippen LogP contribution in [0.1, 0.15) is 24.3 Å². The summed E-state index contributed by atoms with van der Waals surface area (Å²) in [5.41, 5.74) is 1.98. The van der Waals surface area contributed by atoms with Gasteiger partial charge in [-0.1, -0.05) is 12.1 Å². The number of aliphatic hydroxyl groups is 1. The number of amides is 2. The van der Waals surface area contributed by atoms with E-state index in [2.05, 4.69) is 10.2 Å². The fourth-order valence-corrected chi connectivity index (χ4v) is 2.99. The Kier molecular flexibility index (Phi) is 4.40. The minimum absolute atomic E-state index is 0.0187. The van der Waals surface area contributed by atoms with Crippen molar-refractivity contribution in [1.29, 1.82) is 0 Å². The average molecular weight is 304 g/mol. The maximum absolute atomic E-state index is 11.9. The summed E-state index contributed by atoms with van der Waals surface area (Å²) in [6.07, 6.45) is 0.803. The molecule has 0 spiro atoms. The number of nitrogens with one attached hydrogen (secondary N) is 1. The quantitative estimate of drug-likeness (QED) is 0.791. The summed E-state index contributed by atoms with van der Waals surface area (Å²) in [6, 6.07) is 7.86.